The minimum atomic E-state index is -0.189. The lowest BCUT2D eigenvalue weighted by Crippen LogP contribution is -2.56. The Labute approximate surface area is 194 Å². The topological polar surface area (TPSA) is 36.5 Å². The number of nitrogens with zero attached hydrogens (tertiary/aromatic N) is 1. The molecule has 0 aromatic heterocycles. The van der Waals surface area contributed by atoms with Gasteiger partial charge in [0.15, 0.2) is 0 Å². The Morgan fingerprint density at radius 1 is 0.968 bits per heavy atom. The molecule has 3 rings (SSSR count). The molecule has 0 saturated carbocycles. The zero-order valence-electron chi connectivity index (χ0n) is 18.3. The normalized spacial score (nSPS) is 16.8. The average Bonchev–Trinajstić information content (AvgIpc) is 2.83. The highest BCUT2D eigenvalue weighted by Crippen LogP contribution is 2.30. The molecule has 0 radical (unpaired) electrons. The van der Waals surface area contributed by atoms with Crippen molar-refractivity contribution in [3.05, 3.63) is 60.4 Å². The predicted molar refractivity (Wildman–Crippen MR) is 130 cm³/mol. The number of hydrogen-bond acceptors (Lipinski definition) is 6. The second kappa shape index (κ2) is 13.5. The molecule has 0 aliphatic carbocycles. The van der Waals surface area contributed by atoms with Crippen molar-refractivity contribution < 1.29 is 9.13 Å². The quantitative estimate of drug-likeness (QED) is 0.255. The molecule has 170 valence electrons. The number of ether oxygens (including phenoxy) is 1. The van der Waals surface area contributed by atoms with E-state index < -0.39 is 0 Å². The molecule has 2 N–H and O–H groups in total. The van der Waals surface area contributed by atoms with Crippen molar-refractivity contribution in [2.24, 2.45) is 0 Å². The summed E-state index contributed by atoms with van der Waals surface area (Å²) >= 11 is 3.66. The number of halogens is 1. The van der Waals surface area contributed by atoms with E-state index in [0.29, 0.717) is 0 Å². The minimum absolute atomic E-state index is 0.0709. The summed E-state index contributed by atoms with van der Waals surface area (Å²) in [5.74, 6) is 1.68. The molecular weight excluding hydrogens is 429 g/mol. The van der Waals surface area contributed by atoms with Crippen LogP contribution in [0.5, 0.6) is 0 Å². The predicted octanol–water partition coefficient (Wildman–Crippen LogP) is 4.68. The van der Waals surface area contributed by atoms with Gasteiger partial charge in [-0.05, 0) is 55.8 Å². The summed E-state index contributed by atoms with van der Waals surface area (Å²) in [5.41, 5.74) is 7.10. The van der Waals surface area contributed by atoms with E-state index >= 15 is 0 Å². The minimum Gasteiger partial charge on any atom is -0.379 e. The molecule has 1 heterocycles. The number of hydrogen-bond donors (Lipinski definition) is 2. The van der Waals surface area contributed by atoms with E-state index in [0.717, 1.165) is 68.6 Å². The molecule has 2 aromatic carbocycles. The van der Waals surface area contributed by atoms with Crippen molar-refractivity contribution in [1.82, 2.24) is 15.8 Å². The van der Waals surface area contributed by atoms with Gasteiger partial charge in [-0.3, -0.25) is 15.8 Å². The van der Waals surface area contributed by atoms with Crippen LogP contribution in [0.1, 0.15) is 19.8 Å². The fraction of sp³-hybridized carbons (Fsp3) is 0.500. The summed E-state index contributed by atoms with van der Waals surface area (Å²) in [6.45, 7) is 8.03. The zero-order chi connectivity index (χ0) is 21.8. The van der Waals surface area contributed by atoms with E-state index in [-0.39, 0.29) is 11.4 Å². The van der Waals surface area contributed by atoms with Crippen molar-refractivity contribution in [2.45, 2.75) is 35.1 Å². The highest BCUT2D eigenvalue weighted by molar-refractivity contribution is 8.00. The second-order valence-electron chi connectivity index (χ2n) is 7.84. The van der Waals surface area contributed by atoms with Crippen LogP contribution in [0, 0.1) is 5.82 Å². The second-order valence-corrected chi connectivity index (χ2v) is 9.94. The molecule has 0 unspecified atom stereocenters. The maximum Gasteiger partial charge on any atom is 0.123 e. The maximum absolute atomic E-state index is 13.3. The molecule has 1 aliphatic heterocycles. The number of hydrazine groups is 1. The van der Waals surface area contributed by atoms with Gasteiger partial charge < -0.3 is 4.74 Å². The lowest BCUT2D eigenvalue weighted by atomic mass is 10.0. The third kappa shape index (κ3) is 8.75. The van der Waals surface area contributed by atoms with Gasteiger partial charge in [-0.1, -0.05) is 25.1 Å². The highest BCUT2D eigenvalue weighted by atomic mass is 32.2. The lowest BCUT2D eigenvalue weighted by Gasteiger charge is -2.34. The molecule has 2 aromatic rings. The van der Waals surface area contributed by atoms with Crippen LogP contribution in [0.3, 0.4) is 0 Å². The van der Waals surface area contributed by atoms with Crippen molar-refractivity contribution >= 4 is 23.5 Å². The first kappa shape index (κ1) is 24.6. The molecule has 1 atom stereocenters. The Bertz CT molecular complexity index is 744. The monoisotopic (exact) mass is 463 g/mol. The van der Waals surface area contributed by atoms with Crippen molar-refractivity contribution in [1.29, 1.82) is 0 Å². The smallest absolute Gasteiger partial charge is 0.123 e. The van der Waals surface area contributed by atoms with Gasteiger partial charge in [0.25, 0.3) is 0 Å². The van der Waals surface area contributed by atoms with Crippen LogP contribution >= 0.6 is 23.5 Å². The van der Waals surface area contributed by atoms with Crippen molar-refractivity contribution in [3.63, 3.8) is 0 Å². The van der Waals surface area contributed by atoms with Crippen LogP contribution < -0.4 is 10.9 Å². The summed E-state index contributed by atoms with van der Waals surface area (Å²) < 4.78 is 18.7. The Kier molecular flexibility index (Phi) is 10.7. The molecule has 4 nitrogen and oxygen atoms in total. The first-order valence-corrected chi connectivity index (χ1v) is 13.0. The Balaban J connectivity index is 1.52. The van der Waals surface area contributed by atoms with Gasteiger partial charge in [0, 0.05) is 40.9 Å². The van der Waals surface area contributed by atoms with E-state index in [1.54, 1.807) is 11.8 Å². The number of thioether (sulfide) groups is 2. The zero-order valence-corrected chi connectivity index (χ0v) is 20.0. The third-order valence-electron chi connectivity index (χ3n) is 5.50. The number of rotatable bonds is 13. The highest BCUT2D eigenvalue weighted by Gasteiger charge is 2.28. The molecule has 1 aliphatic rings. The van der Waals surface area contributed by atoms with Crippen LogP contribution in [0.2, 0.25) is 0 Å². The first-order chi connectivity index (χ1) is 15.2. The lowest BCUT2D eigenvalue weighted by molar-refractivity contribution is 0.0373. The number of benzene rings is 2. The standard InChI is InChI=1S/C24H34FN3OS2/c1-2-24(19-30-22-7-4-3-5-8-22,20-31-23-11-9-21(25)10-12-23)27-26-13-6-14-28-15-17-29-18-16-28/h3-5,7-12,26-27H,2,6,13-20H2,1H3/t24-/m1/s1. The van der Waals surface area contributed by atoms with Crippen LogP contribution in [0.4, 0.5) is 4.39 Å². The van der Waals surface area contributed by atoms with E-state index in [1.165, 1.54) is 17.0 Å². The SMILES string of the molecule is CC[C@@](CSc1ccccc1)(CSc1ccc(F)cc1)NNCCCN1CCOCC1. The van der Waals surface area contributed by atoms with Gasteiger partial charge in [-0.15, -0.1) is 23.5 Å². The summed E-state index contributed by atoms with van der Waals surface area (Å²) in [5, 5.41) is 0. The first-order valence-electron chi connectivity index (χ1n) is 11.1. The fourth-order valence-corrected chi connectivity index (χ4v) is 5.81. The number of nitrogens with one attached hydrogen (secondary N) is 2. The summed E-state index contributed by atoms with van der Waals surface area (Å²) in [4.78, 5) is 4.84. The fourth-order valence-electron chi connectivity index (χ4n) is 3.36. The van der Waals surface area contributed by atoms with E-state index in [1.807, 2.05) is 23.9 Å². The van der Waals surface area contributed by atoms with Crippen LogP contribution in [-0.2, 0) is 4.74 Å². The summed E-state index contributed by atoms with van der Waals surface area (Å²) in [7, 11) is 0. The van der Waals surface area contributed by atoms with Gasteiger partial charge >= 0.3 is 0 Å². The van der Waals surface area contributed by atoms with E-state index in [4.69, 9.17) is 4.74 Å². The Hall–Kier alpha value is -1.09. The van der Waals surface area contributed by atoms with Crippen LogP contribution in [-0.4, -0.2) is 61.3 Å². The molecule has 0 amide bonds. The molecule has 0 spiro atoms. The van der Waals surface area contributed by atoms with Crippen molar-refractivity contribution in [2.75, 3.05) is 50.9 Å². The Morgan fingerprint density at radius 3 is 2.26 bits per heavy atom. The largest absolute Gasteiger partial charge is 0.379 e. The molecule has 7 heteroatoms. The van der Waals surface area contributed by atoms with Gasteiger partial charge in [0.1, 0.15) is 5.82 Å². The van der Waals surface area contributed by atoms with Gasteiger partial charge in [0.2, 0.25) is 0 Å². The molecule has 0 bridgehead atoms. The maximum atomic E-state index is 13.3. The van der Waals surface area contributed by atoms with Gasteiger partial charge in [0.05, 0.1) is 18.8 Å². The summed E-state index contributed by atoms with van der Waals surface area (Å²) in [6.07, 6.45) is 2.10. The van der Waals surface area contributed by atoms with Gasteiger partial charge in [-0.25, -0.2) is 4.39 Å². The third-order valence-corrected chi connectivity index (χ3v) is 8.10. The molecule has 31 heavy (non-hydrogen) atoms. The van der Waals surface area contributed by atoms with Crippen LogP contribution in [0.15, 0.2) is 64.4 Å². The average molecular weight is 464 g/mol. The number of morpholine rings is 1. The molecule has 1 saturated heterocycles. The van der Waals surface area contributed by atoms with E-state index in [9.17, 15) is 4.39 Å². The molecule has 1 fully saturated rings. The van der Waals surface area contributed by atoms with Gasteiger partial charge in [-0.2, -0.15) is 0 Å². The molecular formula is C24H34FN3OS2. The Morgan fingerprint density at radius 2 is 1.61 bits per heavy atom. The summed E-state index contributed by atoms with van der Waals surface area (Å²) in [6, 6.07) is 17.3. The van der Waals surface area contributed by atoms with E-state index in [2.05, 4.69) is 53.0 Å². The van der Waals surface area contributed by atoms with Crippen molar-refractivity contribution in [3.8, 4) is 0 Å². The van der Waals surface area contributed by atoms with Crippen LogP contribution in [0.25, 0.3) is 0 Å².